The van der Waals surface area contributed by atoms with Gasteiger partial charge in [0.25, 0.3) is 0 Å². The van der Waals surface area contributed by atoms with Gasteiger partial charge in [0.2, 0.25) is 0 Å². The Morgan fingerprint density at radius 3 is 2.58 bits per heavy atom. The smallest absolute Gasteiger partial charge is 0.288 e. The number of pyridine rings is 1. The topological polar surface area (TPSA) is 58.6 Å². The van der Waals surface area contributed by atoms with Crippen LogP contribution < -0.4 is 5.43 Å². The molecule has 0 saturated carbocycles. The summed E-state index contributed by atoms with van der Waals surface area (Å²) >= 11 is 0. The molecule has 4 nitrogen and oxygen atoms in total. The average Bonchev–Trinajstić information content (AvgIpc) is 2.36. The standard InChI is InChI=1S/C12H10F3N3O/c13-12(14,15)9-3-8(5-16-6-9)1-2-10-4-11(19)7-17-18-10/h3-7H,1-2H2,(H,18,19). The third kappa shape index (κ3) is 3.64. The first kappa shape index (κ1) is 13.3. The van der Waals surface area contributed by atoms with E-state index >= 15 is 0 Å². The third-order valence-electron chi connectivity index (χ3n) is 2.52. The summed E-state index contributed by atoms with van der Waals surface area (Å²) in [5, 5.41) is 6.25. The molecule has 0 aromatic carbocycles. The van der Waals surface area contributed by atoms with Crippen LogP contribution in [0.3, 0.4) is 0 Å². The molecule has 2 aromatic rings. The molecule has 0 spiro atoms. The number of halogens is 3. The molecular weight excluding hydrogens is 259 g/mol. The maximum Gasteiger partial charge on any atom is 0.417 e. The SMILES string of the molecule is O=c1cn[nH]c(CCc2cncc(C(F)(F)F)c2)c1. The first-order valence-electron chi connectivity index (χ1n) is 5.50. The molecule has 100 valence electrons. The van der Waals surface area contributed by atoms with Gasteiger partial charge < -0.3 is 0 Å². The number of aromatic amines is 1. The Kier molecular flexibility index (Phi) is 3.64. The maximum absolute atomic E-state index is 12.5. The summed E-state index contributed by atoms with van der Waals surface area (Å²) in [4.78, 5) is 14.6. The summed E-state index contributed by atoms with van der Waals surface area (Å²) in [6, 6.07) is 2.43. The minimum Gasteiger partial charge on any atom is -0.288 e. The molecule has 0 saturated heterocycles. The molecule has 2 rings (SSSR count). The molecule has 0 aliphatic rings. The van der Waals surface area contributed by atoms with Gasteiger partial charge >= 0.3 is 6.18 Å². The van der Waals surface area contributed by atoms with Crippen LogP contribution in [0.4, 0.5) is 13.2 Å². The van der Waals surface area contributed by atoms with Gasteiger partial charge in [0.05, 0.1) is 11.8 Å². The largest absolute Gasteiger partial charge is 0.417 e. The fraction of sp³-hybridized carbons (Fsp3) is 0.250. The van der Waals surface area contributed by atoms with Gasteiger partial charge in [-0.05, 0) is 24.5 Å². The zero-order valence-corrected chi connectivity index (χ0v) is 9.74. The lowest BCUT2D eigenvalue weighted by molar-refractivity contribution is -0.137. The fourth-order valence-corrected chi connectivity index (χ4v) is 1.61. The Morgan fingerprint density at radius 1 is 1.11 bits per heavy atom. The molecule has 0 aliphatic carbocycles. The molecule has 0 amide bonds. The fourth-order valence-electron chi connectivity index (χ4n) is 1.61. The molecule has 0 atom stereocenters. The van der Waals surface area contributed by atoms with Crippen LogP contribution in [0.15, 0.2) is 35.5 Å². The molecule has 0 radical (unpaired) electrons. The van der Waals surface area contributed by atoms with Gasteiger partial charge in [0, 0.05) is 24.2 Å². The van der Waals surface area contributed by atoms with Crippen molar-refractivity contribution >= 4 is 0 Å². The van der Waals surface area contributed by atoms with E-state index in [0.717, 1.165) is 18.5 Å². The monoisotopic (exact) mass is 269 g/mol. The van der Waals surface area contributed by atoms with Crippen LogP contribution in [0.5, 0.6) is 0 Å². The van der Waals surface area contributed by atoms with Crippen molar-refractivity contribution in [1.82, 2.24) is 15.2 Å². The predicted molar refractivity (Wildman–Crippen MR) is 61.5 cm³/mol. The first-order valence-corrected chi connectivity index (χ1v) is 5.50. The Labute approximate surface area is 106 Å². The van der Waals surface area contributed by atoms with Gasteiger partial charge in [0.15, 0.2) is 5.43 Å². The zero-order chi connectivity index (χ0) is 13.9. The van der Waals surface area contributed by atoms with Crippen molar-refractivity contribution in [2.75, 3.05) is 0 Å². The van der Waals surface area contributed by atoms with E-state index < -0.39 is 11.7 Å². The summed E-state index contributed by atoms with van der Waals surface area (Å²) in [6.07, 6.45) is -0.356. The molecule has 0 fully saturated rings. The van der Waals surface area contributed by atoms with Crippen molar-refractivity contribution in [3.05, 3.63) is 57.8 Å². The second-order valence-electron chi connectivity index (χ2n) is 4.02. The van der Waals surface area contributed by atoms with Gasteiger partial charge in [-0.1, -0.05) is 0 Å². The predicted octanol–water partition coefficient (Wildman–Crippen LogP) is 1.97. The molecule has 0 unspecified atom stereocenters. The zero-order valence-electron chi connectivity index (χ0n) is 9.74. The number of nitrogens with one attached hydrogen (secondary N) is 1. The van der Waals surface area contributed by atoms with E-state index in [-0.39, 0.29) is 5.43 Å². The summed E-state index contributed by atoms with van der Waals surface area (Å²) in [5.74, 6) is 0. The van der Waals surface area contributed by atoms with Crippen molar-refractivity contribution in [3.63, 3.8) is 0 Å². The molecule has 2 aromatic heterocycles. The van der Waals surface area contributed by atoms with E-state index in [0.29, 0.717) is 24.1 Å². The van der Waals surface area contributed by atoms with Crippen LogP contribution in [0.2, 0.25) is 0 Å². The number of hydrogen-bond donors (Lipinski definition) is 1. The number of H-pyrrole nitrogens is 1. The normalized spacial score (nSPS) is 11.5. The lowest BCUT2D eigenvalue weighted by Gasteiger charge is -2.07. The molecule has 19 heavy (non-hydrogen) atoms. The lowest BCUT2D eigenvalue weighted by atomic mass is 10.1. The number of rotatable bonds is 3. The molecule has 2 heterocycles. The quantitative estimate of drug-likeness (QED) is 0.926. The number of alkyl halides is 3. The minimum absolute atomic E-state index is 0.240. The van der Waals surface area contributed by atoms with E-state index in [2.05, 4.69) is 15.2 Å². The Morgan fingerprint density at radius 2 is 1.89 bits per heavy atom. The van der Waals surface area contributed by atoms with Crippen molar-refractivity contribution in [2.24, 2.45) is 0 Å². The highest BCUT2D eigenvalue weighted by molar-refractivity contribution is 5.21. The van der Waals surface area contributed by atoms with Crippen LogP contribution in [0.1, 0.15) is 16.8 Å². The molecule has 1 N–H and O–H groups in total. The summed E-state index contributed by atoms with van der Waals surface area (Å²) in [7, 11) is 0. The van der Waals surface area contributed by atoms with E-state index in [1.54, 1.807) is 0 Å². The third-order valence-corrected chi connectivity index (χ3v) is 2.52. The number of aromatic nitrogens is 3. The van der Waals surface area contributed by atoms with Gasteiger partial charge in [-0.2, -0.15) is 18.3 Å². The van der Waals surface area contributed by atoms with Gasteiger partial charge in [-0.3, -0.25) is 14.9 Å². The lowest BCUT2D eigenvalue weighted by Crippen LogP contribution is -2.08. The van der Waals surface area contributed by atoms with Crippen LogP contribution in [0.25, 0.3) is 0 Å². The van der Waals surface area contributed by atoms with Crippen LogP contribution in [0, 0.1) is 0 Å². The summed E-state index contributed by atoms with van der Waals surface area (Å²) < 4.78 is 37.5. The van der Waals surface area contributed by atoms with E-state index in [1.165, 1.54) is 12.3 Å². The van der Waals surface area contributed by atoms with Gasteiger partial charge in [-0.15, -0.1) is 0 Å². The second-order valence-corrected chi connectivity index (χ2v) is 4.02. The van der Waals surface area contributed by atoms with E-state index in [1.807, 2.05) is 0 Å². The van der Waals surface area contributed by atoms with Gasteiger partial charge in [-0.25, -0.2) is 0 Å². The number of nitrogens with zero attached hydrogens (tertiary/aromatic N) is 2. The first-order chi connectivity index (χ1) is 8.95. The minimum atomic E-state index is -4.40. The van der Waals surface area contributed by atoms with Crippen LogP contribution in [-0.2, 0) is 19.0 Å². The molecular formula is C12H10F3N3O. The van der Waals surface area contributed by atoms with Crippen LogP contribution >= 0.6 is 0 Å². The summed E-state index contributed by atoms with van der Waals surface area (Å²) in [6.45, 7) is 0. The summed E-state index contributed by atoms with van der Waals surface area (Å²) in [5.41, 5.74) is 0.0186. The van der Waals surface area contributed by atoms with Gasteiger partial charge in [0.1, 0.15) is 0 Å². The Hall–Kier alpha value is -2.18. The molecule has 0 bridgehead atoms. The number of aryl methyl sites for hydroxylation is 2. The van der Waals surface area contributed by atoms with Crippen molar-refractivity contribution < 1.29 is 13.2 Å². The second kappa shape index (κ2) is 5.21. The van der Waals surface area contributed by atoms with Crippen LogP contribution in [-0.4, -0.2) is 15.2 Å². The van der Waals surface area contributed by atoms with Crippen molar-refractivity contribution in [1.29, 1.82) is 0 Å². The highest BCUT2D eigenvalue weighted by Crippen LogP contribution is 2.29. The highest BCUT2D eigenvalue weighted by atomic mass is 19.4. The highest BCUT2D eigenvalue weighted by Gasteiger charge is 2.30. The van der Waals surface area contributed by atoms with Crippen molar-refractivity contribution in [2.45, 2.75) is 19.0 Å². The Balaban J connectivity index is 2.10. The maximum atomic E-state index is 12.5. The van der Waals surface area contributed by atoms with Crippen molar-refractivity contribution in [3.8, 4) is 0 Å². The molecule has 7 heteroatoms. The number of hydrogen-bond acceptors (Lipinski definition) is 3. The molecule has 0 aliphatic heterocycles. The Bertz CT molecular complexity index is 622. The van der Waals surface area contributed by atoms with E-state index in [4.69, 9.17) is 0 Å². The average molecular weight is 269 g/mol. The van der Waals surface area contributed by atoms with E-state index in [9.17, 15) is 18.0 Å².